The maximum absolute atomic E-state index is 12.0. The molecule has 0 aliphatic heterocycles. The Bertz CT molecular complexity index is 459. The van der Waals surface area contributed by atoms with Gasteiger partial charge in [0.2, 0.25) is 5.12 Å². The van der Waals surface area contributed by atoms with Gasteiger partial charge in [-0.1, -0.05) is 62.9 Å². The van der Waals surface area contributed by atoms with Gasteiger partial charge in [0.1, 0.15) is 0 Å². The summed E-state index contributed by atoms with van der Waals surface area (Å²) in [5, 5.41) is 7.21. The largest absolute Gasteiger partial charge is 0.378 e. The van der Waals surface area contributed by atoms with E-state index in [4.69, 9.17) is 10.1 Å². The highest BCUT2D eigenvalue weighted by atomic mass is 32.2. The molecule has 1 atom stereocenters. The van der Waals surface area contributed by atoms with E-state index in [9.17, 15) is 4.79 Å². The number of carbonyl (C=O) groups excluding carboxylic acids is 1. The summed E-state index contributed by atoms with van der Waals surface area (Å²) < 4.78 is 5.77. The van der Waals surface area contributed by atoms with Crippen molar-refractivity contribution in [1.29, 1.82) is 5.41 Å². The number of carbonyl (C=O) groups is 1. The molecule has 3 nitrogen and oxygen atoms in total. The minimum atomic E-state index is 0.0670. The summed E-state index contributed by atoms with van der Waals surface area (Å²) >= 11 is 1.30. The Morgan fingerprint density at radius 2 is 1.91 bits per heavy atom. The summed E-state index contributed by atoms with van der Waals surface area (Å²) in [4.78, 5) is 12.0. The number of hydrogen-bond acceptors (Lipinski definition) is 4. The first kappa shape index (κ1) is 19.9. The van der Waals surface area contributed by atoms with E-state index in [1.54, 1.807) is 24.3 Å². The fourth-order valence-electron chi connectivity index (χ4n) is 2.30. The van der Waals surface area contributed by atoms with Gasteiger partial charge in [0.25, 0.3) is 0 Å². The zero-order valence-electron chi connectivity index (χ0n) is 14.3. The quantitative estimate of drug-likeness (QED) is 0.415. The second-order valence-electron chi connectivity index (χ2n) is 5.79. The highest BCUT2D eigenvalue weighted by molar-refractivity contribution is 8.14. The van der Waals surface area contributed by atoms with E-state index in [-0.39, 0.29) is 11.2 Å². The van der Waals surface area contributed by atoms with E-state index >= 15 is 0 Å². The van der Waals surface area contributed by atoms with Gasteiger partial charge in [-0.15, -0.1) is 0 Å². The zero-order chi connectivity index (χ0) is 16.9. The van der Waals surface area contributed by atoms with Crippen LogP contribution in [0, 0.1) is 5.41 Å². The molecule has 0 saturated heterocycles. The third-order valence-corrected chi connectivity index (χ3v) is 4.61. The smallest absolute Gasteiger partial charge is 0.219 e. The predicted molar refractivity (Wildman–Crippen MR) is 99.9 cm³/mol. The van der Waals surface area contributed by atoms with Crippen molar-refractivity contribution in [2.75, 3.05) is 12.4 Å². The first-order valence-electron chi connectivity index (χ1n) is 8.56. The first-order chi connectivity index (χ1) is 11.2. The van der Waals surface area contributed by atoms with Crippen LogP contribution < -0.4 is 0 Å². The molecule has 1 N–H and O–H groups in total. The van der Waals surface area contributed by atoms with Gasteiger partial charge in [-0.3, -0.25) is 4.79 Å². The Balaban J connectivity index is 2.11. The van der Waals surface area contributed by atoms with Gasteiger partial charge in [-0.2, -0.15) is 0 Å². The van der Waals surface area contributed by atoms with Gasteiger partial charge in [-0.25, -0.2) is 0 Å². The van der Waals surface area contributed by atoms with Crippen molar-refractivity contribution in [2.24, 2.45) is 0 Å². The van der Waals surface area contributed by atoms with Crippen LogP contribution in [0.1, 0.15) is 68.3 Å². The van der Waals surface area contributed by atoms with Crippen LogP contribution in [0.2, 0.25) is 0 Å². The van der Waals surface area contributed by atoms with Crippen molar-refractivity contribution in [1.82, 2.24) is 0 Å². The van der Waals surface area contributed by atoms with Crippen molar-refractivity contribution < 1.29 is 9.53 Å². The van der Waals surface area contributed by atoms with E-state index in [1.807, 2.05) is 0 Å². The Hall–Kier alpha value is -1.13. The molecule has 0 radical (unpaired) electrons. The van der Waals surface area contributed by atoms with Crippen molar-refractivity contribution >= 4 is 23.1 Å². The van der Waals surface area contributed by atoms with E-state index in [0.717, 1.165) is 12.0 Å². The first-order valence-corrected chi connectivity index (χ1v) is 9.55. The van der Waals surface area contributed by atoms with E-state index in [1.165, 1.54) is 50.1 Å². The van der Waals surface area contributed by atoms with Crippen LogP contribution in [0.25, 0.3) is 0 Å². The Labute approximate surface area is 144 Å². The average molecular weight is 336 g/mol. The summed E-state index contributed by atoms with van der Waals surface area (Å²) in [5.41, 5.74) is 1.49. The van der Waals surface area contributed by atoms with Gasteiger partial charge >= 0.3 is 0 Å². The molecule has 1 unspecified atom stereocenters. The average Bonchev–Trinajstić information content (AvgIpc) is 2.58. The number of ether oxygens (including phenoxy) is 1. The number of benzene rings is 1. The lowest BCUT2D eigenvalue weighted by molar-refractivity contribution is 0.0701. The van der Waals surface area contributed by atoms with Gasteiger partial charge in [0.15, 0.2) is 0 Å². The second kappa shape index (κ2) is 12.3. The topological polar surface area (TPSA) is 50.2 Å². The summed E-state index contributed by atoms with van der Waals surface area (Å²) in [6, 6.07) is 7.13. The van der Waals surface area contributed by atoms with Crippen LogP contribution in [0.15, 0.2) is 24.3 Å². The molecule has 0 aliphatic carbocycles. The molecule has 0 amide bonds. The third-order valence-electron chi connectivity index (χ3n) is 3.75. The fourth-order valence-corrected chi connectivity index (χ4v) is 2.97. The molecule has 0 fully saturated rings. The molecule has 1 rings (SSSR count). The monoisotopic (exact) mass is 335 g/mol. The molecule has 23 heavy (non-hydrogen) atoms. The normalized spacial score (nSPS) is 12.1. The summed E-state index contributed by atoms with van der Waals surface area (Å²) in [5.74, 6) is 0.686. The molecule has 1 aromatic rings. The summed E-state index contributed by atoms with van der Waals surface area (Å²) in [6.07, 6.45) is 9.11. The lowest BCUT2D eigenvalue weighted by atomic mass is 10.1. The van der Waals surface area contributed by atoms with E-state index in [2.05, 4.69) is 13.8 Å². The Morgan fingerprint density at radius 3 is 2.57 bits per heavy atom. The molecule has 0 heterocycles. The number of thioether (sulfide) groups is 1. The molecule has 0 saturated carbocycles. The minimum absolute atomic E-state index is 0.0670. The van der Waals surface area contributed by atoms with Crippen LogP contribution in [0.5, 0.6) is 0 Å². The van der Waals surface area contributed by atoms with Gasteiger partial charge in [0, 0.05) is 17.5 Å². The Kier molecular flexibility index (Phi) is 10.7. The number of rotatable bonds is 12. The van der Waals surface area contributed by atoms with Gasteiger partial charge in [0.05, 0.1) is 12.7 Å². The molecular formula is C19H29NO2S. The summed E-state index contributed by atoms with van der Waals surface area (Å²) in [7, 11) is 0. The van der Waals surface area contributed by atoms with Crippen LogP contribution in [0.4, 0.5) is 0 Å². The predicted octanol–water partition coefficient (Wildman–Crippen LogP) is 5.32. The lowest BCUT2D eigenvalue weighted by Gasteiger charge is -2.12. The standard InChI is InChI=1S/C19H29NO2S/c1-3-4-5-6-7-8-16(2)22-13-14-23-19(21)18-11-9-17(15-20)10-12-18/h9-12,15-16,20H,3-8,13-14H2,1-2H3. The highest BCUT2D eigenvalue weighted by Crippen LogP contribution is 2.14. The Morgan fingerprint density at radius 1 is 1.22 bits per heavy atom. The molecule has 0 aliphatic rings. The highest BCUT2D eigenvalue weighted by Gasteiger charge is 2.07. The molecule has 128 valence electrons. The second-order valence-corrected chi connectivity index (χ2v) is 6.85. The van der Waals surface area contributed by atoms with Gasteiger partial charge in [-0.05, 0) is 31.0 Å². The van der Waals surface area contributed by atoms with E-state index < -0.39 is 0 Å². The molecule has 4 heteroatoms. The fraction of sp³-hybridized carbons (Fsp3) is 0.579. The van der Waals surface area contributed by atoms with Crippen LogP contribution >= 0.6 is 11.8 Å². The molecule has 0 aromatic heterocycles. The molecule has 0 bridgehead atoms. The molecule has 1 aromatic carbocycles. The maximum atomic E-state index is 12.0. The molecular weight excluding hydrogens is 306 g/mol. The van der Waals surface area contributed by atoms with Crippen LogP contribution in [0.3, 0.4) is 0 Å². The van der Waals surface area contributed by atoms with Crippen molar-refractivity contribution in [3.63, 3.8) is 0 Å². The van der Waals surface area contributed by atoms with Crippen molar-refractivity contribution in [3.05, 3.63) is 35.4 Å². The van der Waals surface area contributed by atoms with Crippen molar-refractivity contribution in [3.8, 4) is 0 Å². The molecule has 0 spiro atoms. The van der Waals surface area contributed by atoms with Crippen LogP contribution in [-0.4, -0.2) is 29.8 Å². The van der Waals surface area contributed by atoms with Crippen molar-refractivity contribution in [2.45, 2.75) is 58.5 Å². The summed E-state index contributed by atoms with van der Waals surface area (Å²) in [6.45, 7) is 4.96. The van der Waals surface area contributed by atoms with Crippen LogP contribution in [-0.2, 0) is 4.74 Å². The SMILES string of the molecule is CCCCCCCC(C)OCCSC(=O)c1ccc(C=N)cc1. The minimum Gasteiger partial charge on any atom is -0.378 e. The third kappa shape index (κ3) is 8.92. The van der Waals surface area contributed by atoms with E-state index in [0.29, 0.717) is 17.9 Å². The number of nitrogens with one attached hydrogen (secondary N) is 1. The number of unbranched alkanes of at least 4 members (excludes halogenated alkanes) is 4. The lowest BCUT2D eigenvalue weighted by Crippen LogP contribution is -2.11. The number of hydrogen-bond donors (Lipinski definition) is 1. The maximum Gasteiger partial charge on any atom is 0.219 e. The van der Waals surface area contributed by atoms with Gasteiger partial charge < -0.3 is 10.1 Å². The zero-order valence-corrected chi connectivity index (χ0v) is 15.2.